The molecule has 1 aromatic carbocycles. The zero-order valence-electron chi connectivity index (χ0n) is 18.7. The number of benzene rings is 1. The van der Waals surface area contributed by atoms with E-state index in [0.717, 1.165) is 10.8 Å². The molecule has 0 spiro atoms. The number of amides is 1. The van der Waals surface area contributed by atoms with Gasteiger partial charge in [0, 0.05) is 30.1 Å². The van der Waals surface area contributed by atoms with Crippen molar-refractivity contribution in [3.63, 3.8) is 0 Å². The van der Waals surface area contributed by atoms with Crippen LogP contribution in [0.15, 0.2) is 34.7 Å². The Morgan fingerprint density at radius 1 is 1.21 bits per heavy atom. The third-order valence-corrected chi connectivity index (χ3v) is 5.27. The summed E-state index contributed by atoms with van der Waals surface area (Å²) < 4.78 is 17.1. The first-order valence-electron chi connectivity index (χ1n) is 10.6. The maximum Gasteiger partial charge on any atom is 0.321 e. The number of aliphatic hydroxyl groups is 1. The molecule has 0 bridgehead atoms. The highest BCUT2D eigenvalue weighted by atomic mass is 35.5. The van der Waals surface area contributed by atoms with Gasteiger partial charge in [-0.1, -0.05) is 11.6 Å². The van der Waals surface area contributed by atoms with E-state index in [1.807, 2.05) is 13.0 Å². The molecule has 4 heterocycles. The highest BCUT2D eigenvalue weighted by Gasteiger charge is 2.26. The monoisotopic (exact) mass is 483 g/mol. The number of halogens is 1. The Kier molecular flexibility index (Phi) is 5.41. The number of fused-ring (bicyclic) bond motifs is 5. The Labute approximate surface area is 199 Å². The second-order valence-corrected chi connectivity index (χ2v) is 9.12. The maximum atomic E-state index is 12.5. The van der Waals surface area contributed by atoms with E-state index in [9.17, 15) is 9.90 Å². The molecule has 34 heavy (non-hydrogen) atoms. The number of rotatable bonds is 5. The summed E-state index contributed by atoms with van der Waals surface area (Å²) >= 11 is 6.07. The lowest BCUT2D eigenvalue weighted by molar-refractivity contribution is 0.0248. The molecule has 11 heteroatoms. The van der Waals surface area contributed by atoms with Gasteiger partial charge < -0.3 is 29.6 Å². The Morgan fingerprint density at radius 2 is 2.03 bits per heavy atom. The molecule has 3 aromatic heterocycles. The smallest absolute Gasteiger partial charge is 0.321 e. The van der Waals surface area contributed by atoms with E-state index in [-0.39, 0.29) is 47.2 Å². The highest BCUT2D eigenvalue weighted by Crippen LogP contribution is 2.38. The molecule has 0 fully saturated rings. The van der Waals surface area contributed by atoms with Crippen molar-refractivity contribution < 1.29 is 23.8 Å². The number of nitrogens with zero attached hydrogens (tertiary/aromatic N) is 3. The van der Waals surface area contributed by atoms with Crippen LogP contribution < -0.4 is 20.1 Å². The molecule has 1 amide bonds. The standard InChI is InChI=1S/C23H22ClN5O5/c1-11-9-25-19-18-12-4-7-16(27-13(12)5-6-14(18)33-20(19)21(30)26-11)34-17-8-15(24)28-22(29-17)32-10-23(2,3)31/h4-8,11,25,31H,9-10H2,1-3H3,(H,26,30)/t11-/m1/s1. The molecule has 10 nitrogen and oxygen atoms in total. The molecule has 0 radical (unpaired) electrons. The summed E-state index contributed by atoms with van der Waals surface area (Å²) in [6.07, 6.45) is 0. The molecule has 5 rings (SSSR count). The van der Waals surface area contributed by atoms with Gasteiger partial charge in [-0.25, -0.2) is 4.98 Å². The van der Waals surface area contributed by atoms with E-state index in [4.69, 9.17) is 25.5 Å². The molecule has 0 unspecified atom stereocenters. The second-order valence-electron chi connectivity index (χ2n) is 8.73. The number of ether oxygens (including phenoxy) is 2. The third kappa shape index (κ3) is 4.42. The lowest BCUT2D eigenvalue weighted by atomic mass is 10.1. The molecule has 3 N–H and O–H groups in total. The normalized spacial score (nSPS) is 16.0. The predicted octanol–water partition coefficient (Wildman–Crippen LogP) is 3.91. The van der Waals surface area contributed by atoms with Gasteiger partial charge >= 0.3 is 6.01 Å². The van der Waals surface area contributed by atoms with Crippen LogP contribution in [0.2, 0.25) is 5.15 Å². The molecular weight excluding hydrogens is 462 g/mol. The first-order chi connectivity index (χ1) is 16.2. The van der Waals surface area contributed by atoms with Crippen molar-refractivity contribution in [3.05, 3.63) is 41.2 Å². The minimum absolute atomic E-state index is 0.0170. The fraction of sp³-hybridized carbons (Fsp3) is 0.304. The summed E-state index contributed by atoms with van der Waals surface area (Å²) in [6, 6.07) is 8.48. The van der Waals surface area contributed by atoms with Crippen LogP contribution >= 0.6 is 11.6 Å². The van der Waals surface area contributed by atoms with Crippen molar-refractivity contribution in [3.8, 4) is 17.8 Å². The Morgan fingerprint density at radius 3 is 2.82 bits per heavy atom. The SMILES string of the molecule is C[C@@H]1CNc2c(oc3ccc4nc(Oc5cc(Cl)nc(OCC(C)(C)O)n5)ccc4c23)C(=O)N1. The van der Waals surface area contributed by atoms with E-state index in [2.05, 4.69) is 25.6 Å². The number of pyridine rings is 1. The van der Waals surface area contributed by atoms with Crippen molar-refractivity contribution in [2.45, 2.75) is 32.4 Å². The molecule has 4 aromatic rings. The number of furan rings is 1. The van der Waals surface area contributed by atoms with Crippen molar-refractivity contribution in [1.82, 2.24) is 20.3 Å². The minimum atomic E-state index is -1.06. The summed E-state index contributed by atoms with van der Waals surface area (Å²) in [7, 11) is 0. The van der Waals surface area contributed by atoms with Gasteiger partial charge in [-0.2, -0.15) is 9.97 Å². The summed E-state index contributed by atoms with van der Waals surface area (Å²) in [5.74, 6) is 0.418. The maximum absolute atomic E-state index is 12.5. The van der Waals surface area contributed by atoms with Gasteiger partial charge in [-0.3, -0.25) is 4.79 Å². The number of carbonyl (C=O) groups excluding carboxylic acids is 1. The Bertz CT molecular complexity index is 1410. The highest BCUT2D eigenvalue weighted by molar-refractivity contribution is 6.29. The lowest BCUT2D eigenvalue weighted by Gasteiger charge is -2.16. The molecule has 1 aliphatic heterocycles. The first-order valence-corrected chi connectivity index (χ1v) is 11.0. The molecule has 0 saturated heterocycles. The van der Waals surface area contributed by atoms with E-state index in [1.165, 1.54) is 6.07 Å². The van der Waals surface area contributed by atoms with Crippen molar-refractivity contribution in [2.75, 3.05) is 18.5 Å². The van der Waals surface area contributed by atoms with Gasteiger partial charge in [0.15, 0.2) is 0 Å². The summed E-state index contributed by atoms with van der Waals surface area (Å²) in [5.41, 5.74) is 0.818. The molecule has 0 saturated carbocycles. The average molecular weight is 484 g/mol. The van der Waals surface area contributed by atoms with Gasteiger partial charge in [0.05, 0.1) is 22.2 Å². The van der Waals surface area contributed by atoms with Crippen LogP contribution in [0.3, 0.4) is 0 Å². The number of nitrogens with one attached hydrogen (secondary N) is 2. The zero-order valence-corrected chi connectivity index (χ0v) is 19.4. The molecular formula is C23H22ClN5O5. The predicted molar refractivity (Wildman–Crippen MR) is 126 cm³/mol. The van der Waals surface area contributed by atoms with E-state index < -0.39 is 5.60 Å². The fourth-order valence-corrected chi connectivity index (χ4v) is 3.77. The summed E-state index contributed by atoms with van der Waals surface area (Å²) in [5, 5.41) is 17.8. The van der Waals surface area contributed by atoms with Crippen molar-refractivity contribution >= 4 is 45.1 Å². The van der Waals surface area contributed by atoms with Crippen LogP contribution in [-0.2, 0) is 0 Å². The average Bonchev–Trinajstić information content (AvgIpc) is 3.08. The first kappa shape index (κ1) is 22.2. The van der Waals surface area contributed by atoms with Crippen LogP contribution in [-0.4, -0.2) is 50.8 Å². The second kappa shape index (κ2) is 8.30. The number of hydrogen-bond donors (Lipinski definition) is 3. The third-order valence-electron chi connectivity index (χ3n) is 5.08. The molecule has 1 atom stereocenters. The fourth-order valence-electron chi connectivity index (χ4n) is 3.61. The van der Waals surface area contributed by atoms with Crippen molar-refractivity contribution in [1.29, 1.82) is 0 Å². The molecule has 1 aliphatic rings. The number of anilines is 1. The summed E-state index contributed by atoms with van der Waals surface area (Å²) in [4.78, 5) is 25.2. The molecule has 176 valence electrons. The minimum Gasteiger partial charge on any atom is -0.460 e. The van der Waals surface area contributed by atoms with Gasteiger partial charge in [-0.05, 0) is 39.0 Å². The Balaban J connectivity index is 1.48. The van der Waals surface area contributed by atoms with E-state index in [1.54, 1.807) is 32.0 Å². The largest absolute Gasteiger partial charge is 0.460 e. The quantitative estimate of drug-likeness (QED) is 0.361. The van der Waals surface area contributed by atoms with Crippen LogP contribution in [0.4, 0.5) is 5.69 Å². The lowest BCUT2D eigenvalue weighted by Crippen LogP contribution is -2.34. The Hall–Kier alpha value is -3.63. The van der Waals surface area contributed by atoms with Gasteiger partial charge in [0.1, 0.15) is 17.3 Å². The van der Waals surface area contributed by atoms with Crippen LogP contribution in [0.5, 0.6) is 17.8 Å². The number of hydrogen-bond acceptors (Lipinski definition) is 9. The van der Waals surface area contributed by atoms with Crippen molar-refractivity contribution in [2.24, 2.45) is 0 Å². The topological polar surface area (TPSA) is 132 Å². The molecule has 0 aliphatic carbocycles. The zero-order chi connectivity index (χ0) is 24.0. The van der Waals surface area contributed by atoms with Gasteiger partial charge in [0.25, 0.3) is 5.91 Å². The van der Waals surface area contributed by atoms with Gasteiger partial charge in [-0.15, -0.1) is 0 Å². The van der Waals surface area contributed by atoms with Crippen LogP contribution in [0.25, 0.3) is 21.9 Å². The van der Waals surface area contributed by atoms with E-state index >= 15 is 0 Å². The van der Waals surface area contributed by atoms with Crippen LogP contribution in [0.1, 0.15) is 31.3 Å². The van der Waals surface area contributed by atoms with E-state index in [0.29, 0.717) is 23.3 Å². The number of carbonyl (C=O) groups is 1. The van der Waals surface area contributed by atoms with Gasteiger partial charge in [0.2, 0.25) is 17.5 Å². The number of aromatic nitrogens is 3. The summed E-state index contributed by atoms with van der Waals surface area (Å²) in [6.45, 7) is 5.68. The van der Waals surface area contributed by atoms with Crippen LogP contribution in [0, 0.1) is 0 Å².